The zero-order valence-corrected chi connectivity index (χ0v) is 13.5. The predicted octanol–water partition coefficient (Wildman–Crippen LogP) is 3.81. The molecular formula is C21H17NO3. The van der Waals surface area contributed by atoms with Gasteiger partial charge in [0.15, 0.2) is 0 Å². The third kappa shape index (κ3) is 4.12. The van der Waals surface area contributed by atoms with E-state index < -0.39 is 11.9 Å². The summed E-state index contributed by atoms with van der Waals surface area (Å²) in [4.78, 5) is 23.2. The lowest BCUT2D eigenvalue weighted by molar-refractivity contribution is 0.0472. The smallest absolute Gasteiger partial charge is 0.338 e. The number of benzene rings is 3. The summed E-state index contributed by atoms with van der Waals surface area (Å²) in [6.45, 7) is 0.137. The molecule has 4 heteroatoms. The van der Waals surface area contributed by atoms with Crippen molar-refractivity contribution in [2.75, 3.05) is 0 Å². The second kappa shape index (κ2) is 7.45. The van der Waals surface area contributed by atoms with Crippen LogP contribution in [0.25, 0.3) is 11.1 Å². The van der Waals surface area contributed by atoms with E-state index in [2.05, 4.69) is 0 Å². The number of esters is 1. The normalized spacial score (nSPS) is 10.2. The van der Waals surface area contributed by atoms with Crippen LogP contribution in [0.15, 0.2) is 78.9 Å². The third-order valence-corrected chi connectivity index (χ3v) is 3.84. The monoisotopic (exact) mass is 331 g/mol. The first-order valence-corrected chi connectivity index (χ1v) is 7.85. The molecule has 2 N–H and O–H groups in total. The van der Waals surface area contributed by atoms with Gasteiger partial charge in [-0.25, -0.2) is 4.79 Å². The van der Waals surface area contributed by atoms with Gasteiger partial charge in [-0.1, -0.05) is 54.6 Å². The van der Waals surface area contributed by atoms with Gasteiger partial charge in [-0.05, 0) is 41.0 Å². The lowest BCUT2D eigenvalue weighted by atomic mass is 10.0. The Morgan fingerprint density at radius 3 is 1.88 bits per heavy atom. The molecule has 0 atom stereocenters. The van der Waals surface area contributed by atoms with Crippen LogP contribution in [0.1, 0.15) is 26.3 Å². The van der Waals surface area contributed by atoms with Crippen molar-refractivity contribution in [3.63, 3.8) is 0 Å². The van der Waals surface area contributed by atoms with Crippen molar-refractivity contribution < 1.29 is 14.3 Å². The standard InChI is InChI=1S/C21H17NO3/c22-20(23)18-8-6-15(7-9-18)14-25-21(24)19-12-10-17(11-13-19)16-4-2-1-3-5-16/h1-13H,14H2,(H2,22,23). The van der Waals surface area contributed by atoms with Crippen molar-refractivity contribution in [1.29, 1.82) is 0 Å². The molecule has 1 amide bonds. The number of hydrogen-bond donors (Lipinski definition) is 1. The Bertz CT molecular complexity index is 869. The number of carbonyl (C=O) groups is 2. The van der Waals surface area contributed by atoms with E-state index in [-0.39, 0.29) is 6.61 Å². The molecule has 0 saturated heterocycles. The number of carbonyl (C=O) groups excluding carboxylic acids is 2. The van der Waals surface area contributed by atoms with Crippen molar-refractivity contribution in [1.82, 2.24) is 0 Å². The maximum absolute atomic E-state index is 12.1. The lowest BCUT2D eigenvalue weighted by Gasteiger charge is -2.07. The molecule has 124 valence electrons. The summed E-state index contributed by atoms with van der Waals surface area (Å²) in [5, 5.41) is 0. The van der Waals surface area contributed by atoms with Gasteiger partial charge in [0, 0.05) is 5.56 Å². The van der Waals surface area contributed by atoms with E-state index in [0.717, 1.165) is 16.7 Å². The quantitative estimate of drug-likeness (QED) is 0.723. The Morgan fingerprint density at radius 1 is 0.720 bits per heavy atom. The molecule has 0 aliphatic heterocycles. The van der Waals surface area contributed by atoms with E-state index in [4.69, 9.17) is 10.5 Å². The summed E-state index contributed by atoms with van der Waals surface area (Å²) in [6, 6.07) is 23.9. The Hall–Kier alpha value is -3.40. The Labute approximate surface area is 145 Å². The summed E-state index contributed by atoms with van der Waals surface area (Å²) in [7, 11) is 0. The number of rotatable bonds is 5. The largest absolute Gasteiger partial charge is 0.457 e. The minimum Gasteiger partial charge on any atom is -0.457 e. The van der Waals surface area contributed by atoms with Gasteiger partial charge in [-0.2, -0.15) is 0 Å². The van der Waals surface area contributed by atoms with Crippen molar-refractivity contribution in [3.05, 3.63) is 95.6 Å². The molecule has 4 nitrogen and oxygen atoms in total. The van der Waals surface area contributed by atoms with Crippen LogP contribution in [0.3, 0.4) is 0 Å². The number of nitrogens with two attached hydrogens (primary N) is 1. The summed E-state index contributed by atoms with van der Waals surface area (Å²) < 4.78 is 5.30. The molecule has 0 heterocycles. The summed E-state index contributed by atoms with van der Waals surface area (Å²) in [5.74, 6) is -0.874. The average Bonchev–Trinajstić information content (AvgIpc) is 2.67. The first-order chi connectivity index (χ1) is 12.1. The van der Waals surface area contributed by atoms with Crippen LogP contribution in [-0.2, 0) is 11.3 Å². The van der Waals surface area contributed by atoms with Crippen LogP contribution >= 0.6 is 0 Å². The zero-order valence-electron chi connectivity index (χ0n) is 13.5. The topological polar surface area (TPSA) is 69.4 Å². The van der Waals surface area contributed by atoms with Gasteiger partial charge < -0.3 is 10.5 Å². The lowest BCUT2D eigenvalue weighted by Crippen LogP contribution is -2.11. The van der Waals surface area contributed by atoms with Crippen LogP contribution < -0.4 is 5.73 Å². The number of amides is 1. The van der Waals surface area contributed by atoms with Crippen LogP contribution in [0.4, 0.5) is 0 Å². The number of ether oxygens (including phenoxy) is 1. The van der Waals surface area contributed by atoms with Crippen molar-refractivity contribution in [2.24, 2.45) is 5.73 Å². The molecular weight excluding hydrogens is 314 g/mol. The fraction of sp³-hybridized carbons (Fsp3) is 0.0476. The van der Waals surface area contributed by atoms with Gasteiger partial charge in [0.2, 0.25) is 5.91 Å². The Kier molecular flexibility index (Phi) is 4.90. The SMILES string of the molecule is NC(=O)c1ccc(COC(=O)c2ccc(-c3ccccc3)cc2)cc1. The molecule has 0 unspecified atom stereocenters. The van der Waals surface area contributed by atoms with Crippen LogP contribution in [0.2, 0.25) is 0 Å². The molecule has 0 aliphatic carbocycles. The molecule has 0 aliphatic rings. The molecule has 0 spiro atoms. The van der Waals surface area contributed by atoms with Gasteiger partial charge >= 0.3 is 5.97 Å². The molecule has 0 fully saturated rings. The van der Waals surface area contributed by atoms with Crippen molar-refractivity contribution >= 4 is 11.9 Å². The first kappa shape index (κ1) is 16.5. The molecule has 0 radical (unpaired) electrons. The van der Waals surface area contributed by atoms with E-state index in [0.29, 0.717) is 11.1 Å². The summed E-state index contributed by atoms with van der Waals surface area (Å²) in [5.41, 5.74) is 9.03. The highest BCUT2D eigenvalue weighted by molar-refractivity contribution is 5.92. The second-order valence-corrected chi connectivity index (χ2v) is 5.58. The maximum atomic E-state index is 12.1. The highest BCUT2D eigenvalue weighted by Crippen LogP contribution is 2.19. The number of primary amides is 1. The molecule has 0 bridgehead atoms. The molecule has 0 saturated carbocycles. The summed E-state index contributed by atoms with van der Waals surface area (Å²) >= 11 is 0. The van der Waals surface area contributed by atoms with E-state index in [9.17, 15) is 9.59 Å². The highest BCUT2D eigenvalue weighted by atomic mass is 16.5. The maximum Gasteiger partial charge on any atom is 0.338 e. The van der Waals surface area contributed by atoms with E-state index in [1.807, 2.05) is 42.5 Å². The number of hydrogen-bond acceptors (Lipinski definition) is 3. The minimum atomic E-state index is -0.484. The van der Waals surface area contributed by atoms with E-state index in [1.165, 1.54) is 0 Å². The molecule has 3 rings (SSSR count). The highest BCUT2D eigenvalue weighted by Gasteiger charge is 2.08. The molecule has 25 heavy (non-hydrogen) atoms. The zero-order chi connectivity index (χ0) is 17.6. The van der Waals surface area contributed by atoms with Gasteiger partial charge in [-0.15, -0.1) is 0 Å². The fourth-order valence-electron chi connectivity index (χ4n) is 2.43. The van der Waals surface area contributed by atoms with Gasteiger partial charge in [0.25, 0.3) is 0 Å². The Morgan fingerprint density at radius 2 is 1.28 bits per heavy atom. The molecule has 3 aromatic rings. The minimum absolute atomic E-state index is 0.137. The second-order valence-electron chi connectivity index (χ2n) is 5.58. The van der Waals surface area contributed by atoms with Gasteiger partial charge in [-0.3, -0.25) is 4.79 Å². The molecule has 0 aromatic heterocycles. The average molecular weight is 331 g/mol. The van der Waals surface area contributed by atoms with Crippen LogP contribution in [-0.4, -0.2) is 11.9 Å². The fourth-order valence-corrected chi connectivity index (χ4v) is 2.43. The predicted molar refractivity (Wildman–Crippen MR) is 96.0 cm³/mol. The van der Waals surface area contributed by atoms with E-state index in [1.54, 1.807) is 36.4 Å². The molecule has 3 aromatic carbocycles. The van der Waals surface area contributed by atoms with Crippen LogP contribution in [0, 0.1) is 0 Å². The van der Waals surface area contributed by atoms with Crippen molar-refractivity contribution in [2.45, 2.75) is 6.61 Å². The third-order valence-electron chi connectivity index (χ3n) is 3.84. The Balaban J connectivity index is 1.62. The summed E-state index contributed by atoms with van der Waals surface area (Å²) in [6.07, 6.45) is 0. The first-order valence-electron chi connectivity index (χ1n) is 7.85. The van der Waals surface area contributed by atoms with Gasteiger partial charge in [0.05, 0.1) is 5.56 Å². The van der Waals surface area contributed by atoms with Crippen LogP contribution in [0.5, 0.6) is 0 Å². The van der Waals surface area contributed by atoms with Gasteiger partial charge in [0.1, 0.15) is 6.61 Å². The van der Waals surface area contributed by atoms with E-state index >= 15 is 0 Å². The van der Waals surface area contributed by atoms with Crippen molar-refractivity contribution in [3.8, 4) is 11.1 Å².